The lowest BCUT2D eigenvalue weighted by Crippen LogP contribution is -2.29. The van der Waals surface area contributed by atoms with Crippen molar-refractivity contribution in [3.05, 3.63) is 29.5 Å². The maximum atomic E-state index is 9.91. The summed E-state index contributed by atoms with van der Waals surface area (Å²) < 4.78 is 5.48. The number of hydrogen-bond acceptors (Lipinski definition) is 5. The van der Waals surface area contributed by atoms with Crippen LogP contribution in [0.4, 0.5) is 0 Å². The first-order chi connectivity index (χ1) is 8.62. The predicted molar refractivity (Wildman–Crippen MR) is 70.3 cm³/mol. The molecule has 2 aromatic rings. The zero-order valence-corrected chi connectivity index (χ0v) is 11.1. The van der Waals surface area contributed by atoms with E-state index in [4.69, 9.17) is 4.42 Å². The van der Waals surface area contributed by atoms with Gasteiger partial charge in [0.1, 0.15) is 6.26 Å². The SMILES string of the molecule is CC1(O)CCN(Cc2coc(-c3cccs3)n2)C1. The molecule has 0 amide bonds. The summed E-state index contributed by atoms with van der Waals surface area (Å²) in [5.74, 6) is 0.686. The van der Waals surface area contributed by atoms with Crippen molar-refractivity contribution in [1.29, 1.82) is 0 Å². The maximum absolute atomic E-state index is 9.91. The molecule has 18 heavy (non-hydrogen) atoms. The summed E-state index contributed by atoms with van der Waals surface area (Å²) in [6.45, 7) is 4.24. The van der Waals surface area contributed by atoms with E-state index < -0.39 is 5.60 Å². The van der Waals surface area contributed by atoms with Crippen molar-refractivity contribution in [3.63, 3.8) is 0 Å². The molecule has 1 atom stereocenters. The summed E-state index contributed by atoms with van der Waals surface area (Å²) in [4.78, 5) is 7.74. The smallest absolute Gasteiger partial charge is 0.236 e. The summed E-state index contributed by atoms with van der Waals surface area (Å²) in [6.07, 6.45) is 2.53. The third-order valence-electron chi connectivity index (χ3n) is 3.20. The lowest BCUT2D eigenvalue weighted by Gasteiger charge is -2.17. The van der Waals surface area contributed by atoms with Gasteiger partial charge in [0.2, 0.25) is 5.89 Å². The van der Waals surface area contributed by atoms with Gasteiger partial charge in [-0.15, -0.1) is 11.3 Å². The number of likely N-dealkylation sites (tertiary alicyclic amines) is 1. The lowest BCUT2D eigenvalue weighted by atomic mass is 10.1. The van der Waals surface area contributed by atoms with Crippen LogP contribution in [0.1, 0.15) is 19.0 Å². The minimum Gasteiger partial charge on any atom is -0.444 e. The van der Waals surface area contributed by atoms with Crippen molar-refractivity contribution in [2.75, 3.05) is 13.1 Å². The van der Waals surface area contributed by atoms with Gasteiger partial charge in [-0.1, -0.05) is 6.07 Å². The Hall–Kier alpha value is -1.17. The highest BCUT2D eigenvalue weighted by Crippen LogP contribution is 2.25. The summed E-state index contributed by atoms with van der Waals surface area (Å²) in [5.41, 5.74) is 0.372. The average Bonchev–Trinajstić information content (AvgIpc) is 2.99. The van der Waals surface area contributed by atoms with Gasteiger partial charge in [-0.2, -0.15) is 0 Å². The Morgan fingerprint density at radius 2 is 2.50 bits per heavy atom. The Kier molecular flexibility index (Phi) is 2.97. The normalized spacial score (nSPS) is 24.8. The van der Waals surface area contributed by atoms with Gasteiger partial charge >= 0.3 is 0 Å². The second kappa shape index (κ2) is 4.50. The highest BCUT2D eigenvalue weighted by Gasteiger charge is 2.31. The second-order valence-corrected chi connectivity index (χ2v) is 6.03. The molecule has 0 saturated carbocycles. The molecule has 1 fully saturated rings. The van der Waals surface area contributed by atoms with Gasteiger partial charge in [0.15, 0.2) is 0 Å². The molecule has 1 aliphatic rings. The topological polar surface area (TPSA) is 49.5 Å². The Balaban J connectivity index is 1.68. The molecule has 0 aromatic carbocycles. The largest absolute Gasteiger partial charge is 0.444 e. The van der Waals surface area contributed by atoms with Crippen LogP contribution < -0.4 is 0 Å². The van der Waals surface area contributed by atoms with Crippen molar-refractivity contribution in [3.8, 4) is 10.8 Å². The van der Waals surface area contributed by atoms with Gasteiger partial charge in [-0.3, -0.25) is 4.90 Å². The van der Waals surface area contributed by atoms with Crippen molar-refractivity contribution >= 4 is 11.3 Å². The fraction of sp³-hybridized carbons (Fsp3) is 0.462. The first-order valence-corrected chi connectivity index (χ1v) is 6.93. The summed E-state index contributed by atoms with van der Waals surface area (Å²) >= 11 is 1.62. The highest BCUT2D eigenvalue weighted by atomic mass is 32.1. The van der Waals surface area contributed by atoms with E-state index in [1.165, 1.54) is 0 Å². The van der Waals surface area contributed by atoms with Gasteiger partial charge in [-0.25, -0.2) is 4.98 Å². The number of β-amino-alcohol motifs (C(OH)–C–C–N with tert-alkyl or cyclic N) is 1. The summed E-state index contributed by atoms with van der Waals surface area (Å²) in [6, 6.07) is 3.99. The van der Waals surface area contributed by atoms with Crippen LogP contribution in [0.2, 0.25) is 0 Å². The molecular weight excluding hydrogens is 248 g/mol. The summed E-state index contributed by atoms with van der Waals surface area (Å²) in [5, 5.41) is 11.9. The van der Waals surface area contributed by atoms with Crippen LogP contribution in [-0.2, 0) is 6.54 Å². The standard InChI is InChI=1S/C13H16N2O2S/c1-13(16)4-5-15(9-13)7-10-8-17-12(14-10)11-3-2-6-18-11/h2-3,6,8,16H,4-5,7,9H2,1H3. The van der Waals surface area contributed by atoms with E-state index in [0.29, 0.717) is 12.4 Å². The number of thiophene rings is 1. The van der Waals surface area contributed by atoms with E-state index in [2.05, 4.69) is 9.88 Å². The molecule has 4 nitrogen and oxygen atoms in total. The van der Waals surface area contributed by atoms with Crippen LogP contribution in [0.25, 0.3) is 10.8 Å². The Morgan fingerprint density at radius 1 is 1.61 bits per heavy atom. The fourth-order valence-corrected chi connectivity index (χ4v) is 2.95. The first-order valence-electron chi connectivity index (χ1n) is 6.05. The quantitative estimate of drug-likeness (QED) is 0.924. The van der Waals surface area contributed by atoms with Gasteiger partial charge in [0.05, 0.1) is 16.2 Å². The Labute approximate surface area is 110 Å². The van der Waals surface area contributed by atoms with Crippen LogP contribution in [0.15, 0.2) is 28.2 Å². The molecule has 3 heterocycles. The first kappa shape index (κ1) is 11.9. The molecule has 0 radical (unpaired) electrons. The van der Waals surface area contributed by atoms with Crippen LogP contribution in [0.5, 0.6) is 0 Å². The van der Waals surface area contributed by atoms with E-state index in [1.54, 1.807) is 17.6 Å². The molecule has 1 saturated heterocycles. The molecule has 1 N–H and O–H groups in total. The minimum atomic E-state index is -0.555. The monoisotopic (exact) mass is 264 g/mol. The number of hydrogen-bond donors (Lipinski definition) is 1. The molecule has 1 unspecified atom stereocenters. The van der Waals surface area contributed by atoms with Gasteiger partial charge < -0.3 is 9.52 Å². The molecular formula is C13H16N2O2S. The zero-order chi connectivity index (χ0) is 12.6. The lowest BCUT2D eigenvalue weighted by molar-refractivity contribution is 0.0677. The van der Waals surface area contributed by atoms with Crippen LogP contribution in [-0.4, -0.2) is 33.7 Å². The zero-order valence-electron chi connectivity index (χ0n) is 10.3. The summed E-state index contributed by atoms with van der Waals surface area (Å²) in [7, 11) is 0. The second-order valence-electron chi connectivity index (χ2n) is 5.08. The number of aromatic nitrogens is 1. The van der Waals surface area contributed by atoms with Crippen LogP contribution in [0, 0.1) is 0 Å². The molecule has 0 aliphatic carbocycles. The van der Waals surface area contributed by atoms with Crippen molar-refractivity contribution in [2.24, 2.45) is 0 Å². The molecule has 2 aromatic heterocycles. The molecule has 0 spiro atoms. The molecule has 96 valence electrons. The highest BCUT2D eigenvalue weighted by molar-refractivity contribution is 7.13. The molecule has 1 aliphatic heterocycles. The van der Waals surface area contributed by atoms with Crippen LogP contribution >= 0.6 is 11.3 Å². The molecule has 5 heteroatoms. The van der Waals surface area contributed by atoms with Gasteiger partial charge in [0, 0.05) is 19.6 Å². The van der Waals surface area contributed by atoms with E-state index in [0.717, 1.165) is 30.1 Å². The predicted octanol–water partition coefficient (Wildman–Crippen LogP) is 2.36. The van der Waals surface area contributed by atoms with Crippen molar-refractivity contribution < 1.29 is 9.52 Å². The number of rotatable bonds is 3. The number of nitrogens with zero attached hydrogens (tertiary/aromatic N) is 2. The van der Waals surface area contributed by atoms with E-state index in [-0.39, 0.29) is 0 Å². The minimum absolute atomic E-state index is 0.555. The number of oxazole rings is 1. The molecule has 3 rings (SSSR count). The Bertz CT molecular complexity index is 519. The fourth-order valence-electron chi connectivity index (χ4n) is 2.30. The number of aliphatic hydroxyl groups is 1. The third kappa shape index (κ3) is 2.48. The van der Waals surface area contributed by atoms with Crippen LogP contribution in [0.3, 0.4) is 0 Å². The maximum Gasteiger partial charge on any atom is 0.236 e. The van der Waals surface area contributed by atoms with Gasteiger partial charge in [-0.05, 0) is 24.8 Å². The van der Waals surface area contributed by atoms with Gasteiger partial charge in [0.25, 0.3) is 0 Å². The van der Waals surface area contributed by atoms with Crippen molar-refractivity contribution in [1.82, 2.24) is 9.88 Å². The Morgan fingerprint density at radius 3 is 3.17 bits per heavy atom. The van der Waals surface area contributed by atoms with E-state index in [1.807, 2.05) is 24.4 Å². The van der Waals surface area contributed by atoms with Crippen molar-refractivity contribution in [2.45, 2.75) is 25.5 Å². The average molecular weight is 264 g/mol. The molecule has 0 bridgehead atoms. The van der Waals surface area contributed by atoms with E-state index >= 15 is 0 Å². The van der Waals surface area contributed by atoms with E-state index in [9.17, 15) is 5.11 Å². The third-order valence-corrected chi connectivity index (χ3v) is 4.06.